The minimum Gasteiger partial charge on any atom is -0.393 e. The number of anilines is 1. The van der Waals surface area contributed by atoms with E-state index in [-0.39, 0.29) is 23.2 Å². The number of aliphatic hydroxyl groups is 1. The van der Waals surface area contributed by atoms with Gasteiger partial charge in [-0.15, -0.1) is 0 Å². The largest absolute Gasteiger partial charge is 0.393 e. The Balaban J connectivity index is 2.05. The second kappa shape index (κ2) is 3.67. The second-order valence-electron chi connectivity index (χ2n) is 3.30. The smallest absolute Gasteiger partial charge is 0.224 e. The topological polar surface area (TPSA) is 58.0 Å². The Kier molecular flexibility index (Phi) is 2.52. The Hall–Kier alpha value is -0.940. The van der Waals surface area contributed by atoms with Crippen LogP contribution in [0.15, 0.2) is 6.20 Å². The van der Waals surface area contributed by atoms with E-state index >= 15 is 0 Å². The zero-order chi connectivity index (χ0) is 10.1. The van der Waals surface area contributed by atoms with E-state index < -0.39 is 5.82 Å². The molecule has 0 amide bonds. The van der Waals surface area contributed by atoms with Crippen LogP contribution in [0.25, 0.3) is 0 Å². The van der Waals surface area contributed by atoms with Gasteiger partial charge in [-0.1, -0.05) is 0 Å². The van der Waals surface area contributed by atoms with Crippen LogP contribution in [-0.2, 0) is 0 Å². The Morgan fingerprint density at radius 2 is 2.29 bits per heavy atom. The Bertz CT molecular complexity index is 343. The molecule has 0 aliphatic heterocycles. The highest BCUT2D eigenvalue weighted by molar-refractivity contribution is 6.28. The predicted octanol–water partition coefficient (Wildman–Crippen LogP) is 1.20. The van der Waals surface area contributed by atoms with Crippen molar-refractivity contribution in [1.82, 2.24) is 9.97 Å². The van der Waals surface area contributed by atoms with Crippen LogP contribution >= 0.6 is 11.6 Å². The molecular weight excluding hydrogens is 209 g/mol. The van der Waals surface area contributed by atoms with E-state index in [0.29, 0.717) is 12.8 Å². The first-order chi connectivity index (χ1) is 6.65. The molecule has 1 aliphatic rings. The molecule has 14 heavy (non-hydrogen) atoms. The number of halogens is 2. The molecule has 1 aromatic heterocycles. The molecule has 1 aliphatic carbocycles. The van der Waals surface area contributed by atoms with Gasteiger partial charge in [0.15, 0.2) is 11.6 Å². The first-order valence-electron chi connectivity index (χ1n) is 4.28. The summed E-state index contributed by atoms with van der Waals surface area (Å²) in [6, 6.07) is 0.0745. The van der Waals surface area contributed by atoms with Gasteiger partial charge in [-0.3, -0.25) is 0 Å². The van der Waals surface area contributed by atoms with Gasteiger partial charge >= 0.3 is 0 Å². The first kappa shape index (κ1) is 9.61. The molecule has 0 atom stereocenters. The lowest BCUT2D eigenvalue weighted by molar-refractivity contribution is 0.0834. The molecule has 0 saturated heterocycles. The molecule has 1 aromatic rings. The molecule has 4 nitrogen and oxygen atoms in total. The van der Waals surface area contributed by atoms with Crippen LogP contribution in [0, 0.1) is 5.82 Å². The normalized spacial score (nSPS) is 25.6. The lowest BCUT2D eigenvalue weighted by Gasteiger charge is -2.32. The summed E-state index contributed by atoms with van der Waals surface area (Å²) in [4.78, 5) is 7.20. The number of rotatable bonds is 2. The summed E-state index contributed by atoms with van der Waals surface area (Å²) in [7, 11) is 0. The van der Waals surface area contributed by atoms with Crippen LogP contribution in [0.1, 0.15) is 12.8 Å². The van der Waals surface area contributed by atoms with E-state index in [1.54, 1.807) is 0 Å². The summed E-state index contributed by atoms with van der Waals surface area (Å²) >= 11 is 5.51. The number of nitrogens with zero attached hydrogens (tertiary/aromatic N) is 2. The molecule has 76 valence electrons. The maximum atomic E-state index is 13.1. The number of aromatic nitrogens is 2. The van der Waals surface area contributed by atoms with Crippen molar-refractivity contribution in [3.63, 3.8) is 0 Å². The van der Waals surface area contributed by atoms with E-state index in [1.165, 1.54) is 0 Å². The number of nitrogens with one attached hydrogen (secondary N) is 1. The van der Waals surface area contributed by atoms with Crippen molar-refractivity contribution in [1.29, 1.82) is 0 Å². The summed E-state index contributed by atoms with van der Waals surface area (Å²) in [5, 5.41) is 11.9. The molecule has 2 rings (SSSR count). The van der Waals surface area contributed by atoms with Crippen molar-refractivity contribution < 1.29 is 9.50 Å². The van der Waals surface area contributed by atoms with E-state index in [2.05, 4.69) is 15.3 Å². The lowest BCUT2D eigenvalue weighted by Crippen LogP contribution is -2.39. The third kappa shape index (κ3) is 1.93. The average molecular weight is 218 g/mol. The summed E-state index contributed by atoms with van der Waals surface area (Å²) in [5.41, 5.74) is 0. The molecule has 1 saturated carbocycles. The third-order valence-electron chi connectivity index (χ3n) is 2.17. The summed E-state index contributed by atoms with van der Waals surface area (Å²) in [6.45, 7) is 0. The number of aliphatic hydroxyl groups excluding tert-OH is 1. The van der Waals surface area contributed by atoms with Gasteiger partial charge in [0.2, 0.25) is 5.28 Å². The van der Waals surface area contributed by atoms with Crippen LogP contribution in [-0.4, -0.2) is 27.2 Å². The predicted molar refractivity (Wildman–Crippen MR) is 49.7 cm³/mol. The van der Waals surface area contributed by atoms with Crippen molar-refractivity contribution in [2.75, 3.05) is 5.32 Å². The minimum atomic E-state index is -0.532. The van der Waals surface area contributed by atoms with E-state index in [1.807, 2.05) is 0 Å². The van der Waals surface area contributed by atoms with Gasteiger partial charge in [0.05, 0.1) is 12.3 Å². The Labute approximate surface area is 85.1 Å². The van der Waals surface area contributed by atoms with Gasteiger partial charge in [-0.05, 0) is 24.4 Å². The molecule has 0 radical (unpaired) electrons. The Morgan fingerprint density at radius 1 is 1.57 bits per heavy atom. The van der Waals surface area contributed by atoms with Crippen molar-refractivity contribution in [3.05, 3.63) is 17.3 Å². The highest BCUT2D eigenvalue weighted by Gasteiger charge is 2.27. The number of hydrogen-bond acceptors (Lipinski definition) is 4. The SMILES string of the molecule is OC1CC(Nc2nc(Cl)ncc2F)C1. The number of hydrogen-bond donors (Lipinski definition) is 2. The summed E-state index contributed by atoms with van der Waals surface area (Å²) in [5.74, 6) is -0.433. The van der Waals surface area contributed by atoms with E-state index in [0.717, 1.165) is 6.20 Å². The van der Waals surface area contributed by atoms with Crippen molar-refractivity contribution >= 4 is 17.4 Å². The monoisotopic (exact) mass is 217 g/mol. The molecule has 0 unspecified atom stereocenters. The van der Waals surface area contributed by atoms with Crippen molar-refractivity contribution in [2.45, 2.75) is 25.0 Å². The fraction of sp³-hybridized carbons (Fsp3) is 0.500. The molecule has 6 heteroatoms. The lowest BCUT2D eigenvalue weighted by atomic mass is 9.89. The molecule has 1 heterocycles. The first-order valence-corrected chi connectivity index (χ1v) is 4.65. The fourth-order valence-corrected chi connectivity index (χ4v) is 1.48. The Morgan fingerprint density at radius 3 is 2.93 bits per heavy atom. The van der Waals surface area contributed by atoms with Gasteiger partial charge in [0.1, 0.15) is 0 Å². The van der Waals surface area contributed by atoms with Gasteiger partial charge in [0.25, 0.3) is 0 Å². The quantitative estimate of drug-likeness (QED) is 0.731. The van der Waals surface area contributed by atoms with Crippen LogP contribution in [0.4, 0.5) is 10.2 Å². The van der Waals surface area contributed by atoms with Crippen LogP contribution < -0.4 is 5.32 Å². The zero-order valence-electron chi connectivity index (χ0n) is 7.24. The average Bonchev–Trinajstić information content (AvgIpc) is 2.09. The van der Waals surface area contributed by atoms with Crippen LogP contribution in [0.3, 0.4) is 0 Å². The maximum absolute atomic E-state index is 13.1. The van der Waals surface area contributed by atoms with Gasteiger partial charge in [-0.25, -0.2) is 9.37 Å². The van der Waals surface area contributed by atoms with E-state index in [4.69, 9.17) is 16.7 Å². The van der Waals surface area contributed by atoms with Gasteiger partial charge in [-0.2, -0.15) is 4.98 Å². The fourth-order valence-electron chi connectivity index (χ4n) is 1.35. The van der Waals surface area contributed by atoms with Crippen molar-refractivity contribution in [2.24, 2.45) is 0 Å². The van der Waals surface area contributed by atoms with Gasteiger partial charge < -0.3 is 10.4 Å². The minimum absolute atomic E-state index is 0.00812. The second-order valence-corrected chi connectivity index (χ2v) is 3.64. The third-order valence-corrected chi connectivity index (χ3v) is 2.35. The van der Waals surface area contributed by atoms with Gasteiger partial charge in [0, 0.05) is 6.04 Å². The van der Waals surface area contributed by atoms with Crippen LogP contribution in [0.2, 0.25) is 5.28 Å². The highest BCUT2D eigenvalue weighted by Crippen LogP contribution is 2.24. The molecular formula is C8H9ClFN3O. The van der Waals surface area contributed by atoms with E-state index in [9.17, 15) is 4.39 Å². The molecule has 0 bridgehead atoms. The molecule has 2 N–H and O–H groups in total. The summed E-state index contributed by atoms with van der Waals surface area (Å²) in [6.07, 6.45) is 1.96. The molecule has 0 spiro atoms. The molecule has 0 aromatic carbocycles. The summed E-state index contributed by atoms with van der Waals surface area (Å²) < 4.78 is 13.1. The van der Waals surface area contributed by atoms with Crippen LogP contribution in [0.5, 0.6) is 0 Å². The highest BCUT2D eigenvalue weighted by atomic mass is 35.5. The molecule has 1 fully saturated rings. The maximum Gasteiger partial charge on any atom is 0.224 e. The standard InChI is InChI=1S/C8H9ClFN3O/c9-8-11-3-6(10)7(13-8)12-4-1-5(14)2-4/h3-5,14H,1-2H2,(H,11,12,13). The van der Waals surface area contributed by atoms with Crippen molar-refractivity contribution in [3.8, 4) is 0 Å². The zero-order valence-corrected chi connectivity index (χ0v) is 8.00.